The van der Waals surface area contributed by atoms with E-state index < -0.39 is 0 Å². The Hall–Kier alpha value is -5.55. The van der Waals surface area contributed by atoms with Crippen LogP contribution in [0.5, 0.6) is 0 Å². The molecule has 0 unspecified atom stereocenters. The zero-order chi connectivity index (χ0) is 31.6. The molecular weight excluding hydrogens is 564 g/mol. The van der Waals surface area contributed by atoms with Gasteiger partial charge < -0.3 is 4.42 Å². The Kier molecular flexibility index (Phi) is 6.40. The molecule has 0 saturated heterocycles. The molecule has 0 atom stereocenters. The number of hydrogen-bond acceptors (Lipinski definition) is 4. The van der Waals surface area contributed by atoms with Crippen molar-refractivity contribution < 1.29 is 4.42 Å². The van der Waals surface area contributed by atoms with E-state index in [1.807, 2.05) is 32.0 Å². The van der Waals surface area contributed by atoms with Gasteiger partial charge in [0.15, 0.2) is 0 Å². The van der Waals surface area contributed by atoms with Crippen molar-refractivity contribution in [2.24, 2.45) is 0 Å². The average Bonchev–Trinajstić information content (AvgIpc) is 3.63. The van der Waals surface area contributed by atoms with Gasteiger partial charge in [-0.1, -0.05) is 99.6 Å². The summed E-state index contributed by atoms with van der Waals surface area (Å²) < 4.78 is 8.93. The molecule has 8 rings (SSSR count). The average molecular weight is 599 g/mol. The lowest BCUT2D eigenvalue weighted by molar-refractivity contribution is 0.590. The Bertz CT molecular complexity index is 2410. The van der Waals surface area contributed by atoms with Crippen LogP contribution in [-0.2, 0) is 5.41 Å². The van der Waals surface area contributed by atoms with Crippen LogP contribution in [0, 0.1) is 13.8 Å². The number of imidazole rings is 1. The molecule has 0 aliphatic heterocycles. The van der Waals surface area contributed by atoms with E-state index in [2.05, 4.69) is 122 Å². The highest BCUT2D eigenvalue weighted by atomic mass is 16.3. The van der Waals surface area contributed by atoms with Gasteiger partial charge in [-0.3, -0.25) is 9.55 Å². The second-order valence-electron chi connectivity index (χ2n) is 13.0. The Morgan fingerprint density at radius 1 is 0.630 bits per heavy atom. The van der Waals surface area contributed by atoms with Gasteiger partial charge >= 0.3 is 0 Å². The van der Waals surface area contributed by atoms with Gasteiger partial charge in [0.1, 0.15) is 16.9 Å². The van der Waals surface area contributed by atoms with Crippen LogP contribution in [0.1, 0.15) is 37.7 Å². The highest BCUT2D eigenvalue weighted by molar-refractivity contribution is 6.09. The quantitative estimate of drug-likeness (QED) is 0.202. The van der Waals surface area contributed by atoms with Gasteiger partial charge in [0.05, 0.1) is 28.2 Å². The molecule has 0 fully saturated rings. The molecule has 0 radical (unpaired) electrons. The summed E-state index contributed by atoms with van der Waals surface area (Å²) in [6.07, 6.45) is 0. The first-order valence-corrected chi connectivity index (χ1v) is 15.7. The summed E-state index contributed by atoms with van der Waals surface area (Å²) >= 11 is 0. The molecule has 0 amide bonds. The largest absolute Gasteiger partial charge is 0.437 e. The number of aromatic nitrogens is 4. The van der Waals surface area contributed by atoms with Crippen molar-refractivity contribution in [3.05, 3.63) is 132 Å². The normalized spacial score (nSPS) is 12.0. The molecular formula is C41H34N4O. The maximum absolute atomic E-state index is 6.64. The topological polar surface area (TPSA) is 56.7 Å². The number of nitrogens with zero attached hydrogens (tertiary/aromatic N) is 4. The SMILES string of the molecule is Cc1cc2c(nc(-c3cccc4c3oc3nc(-c5ccccc5)ccc34)n2-c2ccc(C(C)(C)C)cc2-c2ccccc2)c(C)n1. The molecule has 0 aliphatic carbocycles. The van der Waals surface area contributed by atoms with Gasteiger partial charge in [0, 0.05) is 27.6 Å². The van der Waals surface area contributed by atoms with Gasteiger partial charge in [-0.2, -0.15) is 0 Å². The van der Waals surface area contributed by atoms with Crippen LogP contribution in [0.4, 0.5) is 0 Å². The molecule has 0 N–H and O–H groups in total. The summed E-state index contributed by atoms with van der Waals surface area (Å²) in [5.74, 6) is 0.805. The van der Waals surface area contributed by atoms with E-state index in [4.69, 9.17) is 19.4 Å². The molecule has 5 heteroatoms. The molecule has 0 bridgehead atoms. The van der Waals surface area contributed by atoms with Crippen molar-refractivity contribution in [1.29, 1.82) is 0 Å². The number of rotatable bonds is 4. The summed E-state index contributed by atoms with van der Waals surface area (Å²) in [6.45, 7) is 10.8. The smallest absolute Gasteiger partial charge is 0.227 e. The Labute approximate surface area is 268 Å². The first kappa shape index (κ1) is 28.0. The maximum Gasteiger partial charge on any atom is 0.227 e. The molecule has 0 saturated carbocycles. The van der Waals surface area contributed by atoms with Crippen LogP contribution in [0.3, 0.4) is 0 Å². The van der Waals surface area contributed by atoms with Crippen LogP contribution in [0.15, 0.2) is 120 Å². The Balaban J connectivity index is 1.43. The zero-order valence-electron chi connectivity index (χ0n) is 26.7. The summed E-state index contributed by atoms with van der Waals surface area (Å²) in [5, 5.41) is 1.99. The Morgan fingerprint density at radius 2 is 1.37 bits per heavy atom. The second-order valence-corrected chi connectivity index (χ2v) is 13.0. The van der Waals surface area contributed by atoms with E-state index in [0.29, 0.717) is 5.71 Å². The molecule has 5 nitrogen and oxygen atoms in total. The minimum absolute atomic E-state index is 0.00946. The molecule has 4 heterocycles. The Morgan fingerprint density at radius 3 is 2.11 bits per heavy atom. The molecule has 0 spiro atoms. The predicted octanol–water partition coefficient (Wildman–Crippen LogP) is 10.6. The van der Waals surface area contributed by atoms with Crippen molar-refractivity contribution in [1.82, 2.24) is 19.5 Å². The summed E-state index contributed by atoms with van der Waals surface area (Å²) in [5.41, 5.74) is 12.6. The molecule has 8 aromatic rings. The zero-order valence-corrected chi connectivity index (χ0v) is 26.7. The first-order valence-electron chi connectivity index (χ1n) is 15.7. The molecule has 46 heavy (non-hydrogen) atoms. The number of furan rings is 1. The second kappa shape index (κ2) is 10.5. The van der Waals surface area contributed by atoms with Crippen LogP contribution < -0.4 is 0 Å². The van der Waals surface area contributed by atoms with Gasteiger partial charge in [0.2, 0.25) is 5.71 Å². The monoisotopic (exact) mass is 598 g/mol. The van der Waals surface area contributed by atoms with Crippen LogP contribution in [0.25, 0.3) is 72.6 Å². The summed E-state index contributed by atoms with van der Waals surface area (Å²) in [7, 11) is 0. The van der Waals surface area contributed by atoms with Crippen molar-refractivity contribution >= 4 is 33.1 Å². The number of pyridine rings is 2. The third-order valence-corrected chi connectivity index (χ3v) is 8.81. The highest BCUT2D eigenvalue weighted by Crippen LogP contribution is 2.41. The van der Waals surface area contributed by atoms with E-state index in [1.165, 1.54) is 5.56 Å². The number of aryl methyl sites for hydroxylation is 2. The number of para-hydroxylation sites is 1. The van der Waals surface area contributed by atoms with Crippen LogP contribution in [-0.4, -0.2) is 19.5 Å². The molecule has 224 valence electrons. The third-order valence-electron chi connectivity index (χ3n) is 8.81. The predicted molar refractivity (Wildman–Crippen MR) is 188 cm³/mol. The summed E-state index contributed by atoms with van der Waals surface area (Å²) in [4.78, 5) is 15.1. The van der Waals surface area contributed by atoms with Crippen molar-refractivity contribution in [3.8, 4) is 39.5 Å². The number of hydrogen-bond donors (Lipinski definition) is 0. The molecule has 4 aromatic carbocycles. The van der Waals surface area contributed by atoms with E-state index >= 15 is 0 Å². The highest BCUT2D eigenvalue weighted by Gasteiger charge is 2.24. The lowest BCUT2D eigenvalue weighted by atomic mass is 9.85. The standard InChI is InChI=1S/C41H34N4O/c1-25-23-36-37(26(2)42-25)44-39(45(36)35-22-19-29(41(3,4)5)24-33(35)27-13-8-6-9-14-27)32-18-12-17-30-31-20-21-34(28-15-10-7-11-16-28)43-40(31)46-38(30)32/h6-24H,1-5H3. The fourth-order valence-electron chi connectivity index (χ4n) is 6.48. The van der Waals surface area contributed by atoms with Crippen LogP contribution >= 0.6 is 0 Å². The van der Waals surface area contributed by atoms with Crippen LogP contribution in [0.2, 0.25) is 0 Å². The van der Waals surface area contributed by atoms with Gasteiger partial charge in [-0.05, 0) is 66.8 Å². The fourth-order valence-corrected chi connectivity index (χ4v) is 6.48. The minimum atomic E-state index is -0.00946. The lowest BCUT2D eigenvalue weighted by Crippen LogP contribution is -2.12. The molecule has 4 aromatic heterocycles. The van der Waals surface area contributed by atoms with Gasteiger partial charge in [-0.25, -0.2) is 9.97 Å². The van der Waals surface area contributed by atoms with E-state index in [1.54, 1.807) is 0 Å². The molecule has 0 aliphatic rings. The van der Waals surface area contributed by atoms with Gasteiger partial charge in [0.25, 0.3) is 0 Å². The third kappa shape index (κ3) is 4.59. The van der Waals surface area contributed by atoms with E-state index in [9.17, 15) is 0 Å². The first-order chi connectivity index (χ1) is 22.3. The van der Waals surface area contributed by atoms with Gasteiger partial charge in [-0.15, -0.1) is 0 Å². The van der Waals surface area contributed by atoms with Crippen molar-refractivity contribution in [2.45, 2.75) is 40.0 Å². The van der Waals surface area contributed by atoms with Crippen molar-refractivity contribution in [3.63, 3.8) is 0 Å². The van der Waals surface area contributed by atoms with E-state index in [-0.39, 0.29) is 5.41 Å². The maximum atomic E-state index is 6.64. The van der Waals surface area contributed by atoms with E-state index in [0.717, 1.165) is 78.2 Å². The van der Waals surface area contributed by atoms with Crippen molar-refractivity contribution in [2.75, 3.05) is 0 Å². The fraction of sp³-hybridized carbons (Fsp3) is 0.146. The number of benzene rings is 4. The lowest BCUT2D eigenvalue weighted by Gasteiger charge is -2.23. The number of fused-ring (bicyclic) bond motifs is 4. The summed E-state index contributed by atoms with van der Waals surface area (Å²) in [6, 6.07) is 40.2. The minimum Gasteiger partial charge on any atom is -0.437 e.